The number of ketones is 1. The molecule has 0 aromatic heterocycles. The number of methoxy groups -OCH3 is 1. The van der Waals surface area contributed by atoms with E-state index in [9.17, 15) is 17.4 Å². The normalized spacial score (nSPS) is 12.9. The van der Waals surface area contributed by atoms with Gasteiger partial charge in [-0.3, -0.25) is 9.00 Å². The van der Waals surface area contributed by atoms with Crippen molar-refractivity contribution in [1.82, 2.24) is 0 Å². The van der Waals surface area contributed by atoms with Gasteiger partial charge in [0.2, 0.25) is 0 Å². The fraction of sp³-hybridized carbons (Fsp3) is 0.417. The number of benzene rings is 1. The minimum atomic E-state index is -3.15. The fourth-order valence-corrected chi connectivity index (χ4v) is 3.90. The quantitative estimate of drug-likeness (QED) is 0.692. The molecule has 1 unspecified atom stereocenters. The van der Waals surface area contributed by atoms with Gasteiger partial charge in [0.05, 0.1) is 18.6 Å². The smallest absolute Gasteiger partial charge is 0.175 e. The standard InChI is InChI=1S/C12H16O5S2/c1-17-11-5-3-4-10(8-11)12(13)9-18(14)6-7-19(2,15)16/h3-5,8H,6-7,9H2,1-2H3. The molecule has 0 fully saturated rings. The predicted octanol–water partition coefficient (Wildman–Crippen LogP) is 0.671. The van der Waals surface area contributed by atoms with Gasteiger partial charge < -0.3 is 4.74 Å². The van der Waals surface area contributed by atoms with Gasteiger partial charge in [0.25, 0.3) is 0 Å². The van der Waals surface area contributed by atoms with E-state index in [1.165, 1.54) is 7.11 Å². The van der Waals surface area contributed by atoms with Crippen molar-refractivity contribution in [2.24, 2.45) is 0 Å². The maximum absolute atomic E-state index is 11.8. The second-order valence-corrected chi connectivity index (χ2v) is 7.91. The minimum Gasteiger partial charge on any atom is -0.497 e. The Kier molecular flexibility index (Phi) is 5.68. The van der Waals surface area contributed by atoms with Crippen LogP contribution in [0.25, 0.3) is 0 Å². The molecule has 7 heteroatoms. The molecule has 0 aliphatic heterocycles. The van der Waals surface area contributed by atoms with E-state index in [-0.39, 0.29) is 23.0 Å². The number of hydrogen-bond acceptors (Lipinski definition) is 5. The molecule has 106 valence electrons. The molecule has 1 aromatic carbocycles. The molecule has 0 amide bonds. The van der Waals surface area contributed by atoms with Crippen LogP contribution in [0.15, 0.2) is 24.3 Å². The molecule has 0 spiro atoms. The van der Waals surface area contributed by atoms with E-state index in [1.54, 1.807) is 24.3 Å². The van der Waals surface area contributed by atoms with Gasteiger partial charge in [-0.1, -0.05) is 12.1 Å². The van der Waals surface area contributed by atoms with Gasteiger partial charge in [-0.15, -0.1) is 0 Å². The Labute approximate surface area is 115 Å². The predicted molar refractivity (Wildman–Crippen MR) is 74.9 cm³/mol. The Morgan fingerprint density at radius 1 is 1.37 bits per heavy atom. The van der Waals surface area contributed by atoms with Gasteiger partial charge >= 0.3 is 0 Å². The van der Waals surface area contributed by atoms with Crippen molar-refractivity contribution in [1.29, 1.82) is 0 Å². The maximum Gasteiger partial charge on any atom is 0.175 e. The van der Waals surface area contributed by atoms with Crippen LogP contribution in [0.1, 0.15) is 10.4 Å². The van der Waals surface area contributed by atoms with Crippen molar-refractivity contribution in [2.45, 2.75) is 0 Å². The second kappa shape index (κ2) is 6.81. The summed E-state index contributed by atoms with van der Waals surface area (Å²) >= 11 is 0. The molecule has 0 aliphatic carbocycles. The van der Waals surface area contributed by atoms with Gasteiger partial charge in [0.1, 0.15) is 15.6 Å². The van der Waals surface area contributed by atoms with Crippen LogP contribution in [-0.4, -0.2) is 49.0 Å². The van der Waals surface area contributed by atoms with E-state index >= 15 is 0 Å². The first-order chi connectivity index (χ1) is 8.81. The van der Waals surface area contributed by atoms with E-state index in [2.05, 4.69) is 0 Å². The van der Waals surface area contributed by atoms with Crippen LogP contribution >= 0.6 is 0 Å². The summed E-state index contributed by atoms with van der Waals surface area (Å²) < 4.78 is 38.5. The number of carbonyl (C=O) groups is 1. The number of hydrogen-bond donors (Lipinski definition) is 0. The van der Waals surface area contributed by atoms with E-state index in [0.717, 1.165) is 6.26 Å². The summed E-state index contributed by atoms with van der Waals surface area (Å²) in [5, 5.41) is 0. The third-order valence-electron chi connectivity index (χ3n) is 2.37. The third-order valence-corrected chi connectivity index (χ3v) is 4.81. The first-order valence-corrected chi connectivity index (χ1v) is 9.06. The van der Waals surface area contributed by atoms with E-state index in [0.29, 0.717) is 11.3 Å². The molecule has 0 heterocycles. The van der Waals surface area contributed by atoms with Gasteiger partial charge in [-0.05, 0) is 12.1 Å². The molecule has 0 saturated carbocycles. The summed E-state index contributed by atoms with van der Waals surface area (Å²) in [4.78, 5) is 11.8. The van der Waals surface area contributed by atoms with Crippen molar-refractivity contribution < 1.29 is 22.2 Å². The Morgan fingerprint density at radius 2 is 2.05 bits per heavy atom. The fourth-order valence-electron chi connectivity index (χ4n) is 1.34. The first kappa shape index (κ1) is 15.8. The number of rotatable bonds is 7. The highest BCUT2D eigenvalue weighted by atomic mass is 32.2. The summed E-state index contributed by atoms with van der Waals surface area (Å²) in [7, 11) is -3.14. The Bertz CT molecular complexity index is 578. The zero-order chi connectivity index (χ0) is 14.5. The van der Waals surface area contributed by atoms with Gasteiger partial charge in [0.15, 0.2) is 5.78 Å². The number of ether oxygens (including phenoxy) is 1. The monoisotopic (exact) mass is 304 g/mol. The Morgan fingerprint density at radius 3 is 2.63 bits per heavy atom. The highest BCUT2D eigenvalue weighted by Gasteiger charge is 2.13. The van der Waals surface area contributed by atoms with Crippen LogP contribution in [0.4, 0.5) is 0 Å². The van der Waals surface area contributed by atoms with Crippen LogP contribution in [0.5, 0.6) is 5.75 Å². The lowest BCUT2D eigenvalue weighted by atomic mass is 10.1. The van der Waals surface area contributed by atoms with Crippen LogP contribution in [0, 0.1) is 0 Å². The third kappa shape index (κ3) is 5.98. The summed E-state index contributed by atoms with van der Waals surface area (Å²) in [6.07, 6.45) is 1.08. The van der Waals surface area contributed by atoms with E-state index in [1.807, 2.05) is 0 Å². The molecule has 1 aromatic rings. The summed E-state index contributed by atoms with van der Waals surface area (Å²) in [6, 6.07) is 6.55. The van der Waals surface area contributed by atoms with Crippen molar-refractivity contribution in [3.63, 3.8) is 0 Å². The molecular formula is C12H16O5S2. The van der Waals surface area contributed by atoms with Gasteiger partial charge in [-0.25, -0.2) is 8.42 Å². The lowest BCUT2D eigenvalue weighted by Gasteiger charge is -2.04. The van der Waals surface area contributed by atoms with Crippen LogP contribution in [-0.2, 0) is 20.6 Å². The highest BCUT2D eigenvalue weighted by molar-refractivity contribution is 7.92. The molecule has 1 atom stereocenters. The summed E-state index contributed by atoms with van der Waals surface area (Å²) in [5.74, 6) is -0.110. The number of sulfone groups is 1. The van der Waals surface area contributed by atoms with Gasteiger partial charge in [-0.2, -0.15) is 0 Å². The number of Topliss-reactive ketones (excluding diaryl/α,β-unsaturated/α-hetero) is 1. The molecule has 5 nitrogen and oxygen atoms in total. The van der Waals surface area contributed by atoms with Crippen molar-refractivity contribution in [3.05, 3.63) is 29.8 Å². The van der Waals surface area contributed by atoms with Gasteiger partial charge in [0, 0.05) is 28.4 Å². The number of carbonyl (C=O) groups excluding carboxylic acids is 1. The SMILES string of the molecule is COc1cccc(C(=O)CS(=O)CCS(C)(=O)=O)c1. The molecular weight excluding hydrogens is 288 g/mol. The Balaban J connectivity index is 2.61. The topological polar surface area (TPSA) is 77.5 Å². The largest absolute Gasteiger partial charge is 0.497 e. The van der Waals surface area contributed by atoms with Crippen molar-refractivity contribution >= 4 is 26.4 Å². The summed E-state index contributed by atoms with van der Waals surface area (Å²) in [5.41, 5.74) is 0.409. The van der Waals surface area contributed by atoms with Crippen LogP contribution in [0.3, 0.4) is 0 Å². The molecule has 19 heavy (non-hydrogen) atoms. The Hall–Kier alpha value is -1.21. The van der Waals surface area contributed by atoms with E-state index in [4.69, 9.17) is 4.74 Å². The van der Waals surface area contributed by atoms with Crippen LogP contribution < -0.4 is 4.74 Å². The molecule has 0 aliphatic rings. The van der Waals surface area contributed by atoms with Crippen LogP contribution in [0.2, 0.25) is 0 Å². The summed E-state index contributed by atoms with van der Waals surface area (Å²) in [6.45, 7) is 0. The molecule has 1 rings (SSSR count). The van der Waals surface area contributed by atoms with Crippen molar-refractivity contribution in [3.8, 4) is 5.75 Å². The average molecular weight is 304 g/mol. The molecule has 0 N–H and O–H groups in total. The lowest BCUT2D eigenvalue weighted by molar-refractivity contribution is 0.102. The van der Waals surface area contributed by atoms with E-state index < -0.39 is 20.6 Å². The molecule has 0 radical (unpaired) electrons. The second-order valence-electron chi connectivity index (χ2n) is 4.07. The minimum absolute atomic E-state index is 0.0193. The zero-order valence-electron chi connectivity index (χ0n) is 10.8. The highest BCUT2D eigenvalue weighted by Crippen LogP contribution is 2.13. The molecule has 0 bridgehead atoms. The first-order valence-electron chi connectivity index (χ1n) is 5.52. The molecule has 0 saturated heterocycles. The van der Waals surface area contributed by atoms with Crippen molar-refractivity contribution in [2.75, 3.05) is 30.6 Å². The maximum atomic E-state index is 11.8. The average Bonchev–Trinajstić information content (AvgIpc) is 2.35. The lowest BCUT2D eigenvalue weighted by Crippen LogP contribution is -2.18. The zero-order valence-corrected chi connectivity index (χ0v) is 12.4.